The second kappa shape index (κ2) is 5.59. The maximum Gasteiger partial charge on any atom is 0.0569 e. The molecule has 2 nitrogen and oxygen atoms in total. The minimum atomic E-state index is 0.747. The van der Waals surface area contributed by atoms with Gasteiger partial charge in [-0.1, -0.05) is 18.2 Å². The first-order valence-electron chi connectivity index (χ1n) is 7.32. The Hall–Kier alpha value is -1.10. The highest BCUT2D eigenvalue weighted by molar-refractivity contribution is 9.10. The number of hydrogen-bond acceptors (Lipinski definition) is 2. The van der Waals surface area contributed by atoms with Gasteiger partial charge in [-0.15, -0.1) is 11.3 Å². The van der Waals surface area contributed by atoms with Gasteiger partial charge in [0.2, 0.25) is 0 Å². The maximum atomic E-state index is 3.63. The highest BCUT2D eigenvalue weighted by atomic mass is 79.9. The molecule has 4 heteroatoms. The van der Waals surface area contributed by atoms with Gasteiger partial charge in [0.1, 0.15) is 0 Å². The van der Waals surface area contributed by atoms with Gasteiger partial charge < -0.3 is 9.88 Å². The highest BCUT2D eigenvalue weighted by Gasteiger charge is 2.20. The molecule has 1 fully saturated rings. The fraction of sp³-hybridized carbons (Fsp3) is 0.294. The van der Waals surface area contributed by atoms with E-state index in [4.69, 9.17) is 0 Å². The van der Waals surface area contributed by atoms with Crippen molar-refractivity contribution in [1.29, 1.82) is 0 Å². The number of thiophene rings is 1. The number of hydrogen-bond donors (Lipinski definition) is 1. The van der Waals surface area contributed by atoms with Crippen molar-refractivity contribution >= 4 is 38.2 Å². The Morgan fingerprint density at radius 1 is 1.29 bits per heavy atom. The molecule has 0 atom stereocenters. The Labute approximate surface area is 136 Å². The van der Waals surface area contributed by atoms with Gasteiger partial charge in [-0.25, -0.2) is 0 Å². The molecule has 0 unspecified atom stereocenters. The van der Waals surface area contributed by atoms with Crippen molar-refractivity contribution in [3.63, 3.8) is 0 Å². The smallest absolute Gasteiger partial charge is 0.0569 e. The molecule has 1 aliphatic rings. The minimum Gasteiger partial charge on any atom is -0.342 e. The van der Waals surface area contributed by atoms with Crippen molar-refractivity contribution in [3.05, 3.63) is 56.8 Å². The monoisotopic (exact) mass is 360 g/mol. The standard InChI is InChI=1S/C17H17BrN2S/c18-14-8-16(21-11-14)10-20-7-6-12-2-1-3-13(17(12)20)9-19-15-4-5-15/h1-3,6-8,11,15,19H,4-5,9-10H2. The molecule has 108 valence electrons. The zero-order valence-corrected chi connectivity index (χ0v) is 14.1. The molecule has 1 saturated carbocycles. The maximum absolute atomic E-state index is 3.63. The molecule has 2 aromatic heterocycles. The molecule has 1 aliphatic carbocycles. The van der Waals surface area contributed by atoms with Crippen LogP contribution in [0.15, 0.2) is 46.4 Å². The molecular formula is C17H17BrN2S. The van der Waals surface area contributed by atoms with Crippen molar-refractivity contribution in [3.8, 4) is 0 Å². The Morgan fingerprint density at radius 2 is 2.19 bits per heavy atom. The molecule has 0 bridgehead atoms. The fourth-order valence-electron chi connectivity index (χ4n) is 2.76. The summed E-state index contributed by atoms with van der Waals surface area (Å²) < 4.78 is 3.55. The predicted octanol–water partition coefficient (Wildman–Crippen LogP) is 4.77. The van der Waals surface area contributed by atoms with Crippen LogP contribution in [0.25, 0.3) is 10.9 Å². The van der Waals surface area contributed by atoms with Gasteiger partial charge in [-0.3, -0.25) is 0 Å². The van der Waals surface area contributed by atoms with Crippen LogP contribution < -0.4 is 5.32 Å². The number of para-hydroxylation sites is 1. The molecule has 4 rings (SSSR count). The SMILES string of the molecule is Brc1csc(Cn2ccc3cccc(CNC4CC4)c32)c1. The Kier molecular flexibility index (Phi) is 3.61. The van der Waals surface area contributed by atoms with E-state index in [0.29, 0.717) is 0 Å². The summed E-state index contributed by atoms with van der Waals surface area (Å²) in [6.45, 7) is 1.92. The van der Waals surface area contributed by atoms with Crippen LogP contribution in [-0.4, -0.2) is 10.6 Å². The summed E-state index contributed by atoms with van der Waals surface area (Å²) in [6.07, 6.45) is 4.87. The van der Waals surface area contributed by atoms with E-state index >= 15 is 0 Å². The lowest BCUT2D eigenvalue weighted by atomic mass is 10.1. The summed E-state index contributed by atoms with van der Waals surface area (Å²) in [6, 6.07) is 11.8. The third kappa shape index (κ3) is 2.93. The van der Waals surface area contributed by atoms with Crippen molar-refractivity contribution in [2.75, 3.05) is 0 Å². The Balaban J connectivity index is 1.67. The van der Waals surface area contributed by atoms with E-state index in [-0.39, 0.29) is 0 Å². The number of nitrogens with zero attached hydrogens (tertiary/aromatic N) is 1. The quantitative estimate of drug-likeness (QED) is 0.693. The largest absolute Gasteiger partial charge is 0.342 e. The summed E-state index contributed by atoms with van der Waals surface area (Å²) in [5.41, 5.74) is 2.77. The normalized spacial score (nSPS) is 14.9. The summed E-state index contributed by atoms with van der Waals surface area (Å²) in [4.78, 5) is 1.38. The summed E-state index contributed by atoms with van der Waals surface area (Å²) >= 11 is 5.35. The van der Waals surface area contributed by atoms with E-state index < -0.39 is 0 Å². The van der Waals surface area contributed by atoms with Crippen LogP contribution in [0.1, 0.15) is 23.3 Å². The molecule has 21 heavy (non-hydrogen) atoms. The van der Waals surface area contributed by atoms with Crippen LogP contribution >= 0.6 is 27.3 Å². The number of rotatable bonds is 5. The van der Waals surface area contributed by atoms with E-state index in [2.05, 4.69) is 67.7 Å². The van der Waals surface area contributed by atoms with E-state index in [1.165, 1.54) is 38.7 Å². The van der Waals surface area contributed by atoms with Crippen LogP contribution in [-0.2, 0) is 13.1 Å². The van der Waals surface area contributed by atoms with Gasteiger partial charge in [-0.2, -0.15) is 0 Å². The summed E-state index contributed by atoms with van der Waals surface area (Å²) in [5, 5.41) is 7.12. The first-order valence-corrected chi connectivity index (χ1v) is 9.00. The summed E-state index contributed by atoms with van der Waals surface area (Å²) in [5.74, 6) is 0. The molecule has 0 spiro atoms. The number of benzene rings is 1. The Bertz CT molecular complexity index is 770. The average molecular weight is 361 g/mol. The van der Waals surface area contributed by atoms with Crippen LogP contribution in [0.2, 0.25) is 0 Å². The lowest BCUT2D eigenvalue weighted by Crippen LogP contribution is -2.16. The molecule has 1 aromatic carbocycles. The van der Waals surface area contributed by atoms with Gasteiger partial charge in [0.15, 0.2) is 0 Å². The lowest BCUT2D eigenvalue weighted by Gasteiger charge is -2.10. The fourth-order valence-corrected chi connectivity index (χ4v) is 4.21. The number of fused-ring (bicyclic) bond motifs is 1. The molecule has 2 heterocycles. The molecule has 3 aromatic rings. The molecule has 1 N–H and O–H groups in total. The van der Waals surface area contributed by atoms with E-state index in [9.17, 15) is 0 Å². The van der Waals surface area contributed by atoms with Gasteiger partial charge in [-0.05, 0) is 51.9 Å². The predicted molar refractivity (Wildman–Crippen MR) is 92.9 cm³/mol. The van der Waals surface area contributed by atoms with Crippen LogP contribution in [0.4, 0.5) is 0 Å². The summed E-state index contributed by atoms with van der Waals surface area (Å²) in [7, 11) is 0. The second-order valence-electron chi connectivity index (χ2n) is 5.69. The molecule has 0 amide bonds. The number of aromatic nitrogens is 1. The van der Waals surface area contributed by atoms with E-state index in [0.717, 1.165) is 19.1 Å². The second-order valence-corrected chi connectivity index (χ2v) is 7.60. The van der Waals surface area contributed by atoms with Gasteiger partial charge in [0, 0.05) is 33.5 Å². The van der Waals surface area contributed by atoms with Gasteiger partial charge in [0.05, 0.1) is 12.1 Å². The third-order valence-electron chi connectivity index (χ3n) is 3.98. The van der Waals surface area contributed by atoms with Crippen molar-refractivity contribution in [1.82, 2.24) is 9.88 Å². The zero-order valence-electron chi connectivity index (χ0n) is 11.7. The van der Waals surface area contributed by atoms with Crippen molar-refractivity contribution in [2.45, 2.75) is 32.0 Å². The van der Waals surface area contributed by atoms with Gasteiger partial charge >= 0.3 is 0 Å². The first kappa shape index (κ1) is 13.6. The third-order valence-corrected chi connectivity index (χ3v) is 5.66. The average Bonchev–Trinajstić information content (AvgIpc) is 3.10. The Morgan fingerprint density at radius 3 is 2.95 bits per heavy atom. The lowest BCUT2D eigenvalue weighted by molar-refractivity contribution is 0.687. The van der Waals surface area contributed by atoms with E-state index in [1.807, 2.05) is 11.3 Å². The molecule has 0 saturated heterocycles. The number of halogens is 1. The number of nitrogens with one attached hydrogen (secondary N) is 1. The van der Waals surface area contributed by atoms with Crippen LogP contribution in [0.5, 0.6) is 0 Å². The zero-order chi connectivity index (χ0) is 14.2. The van der Waals surface area contributed by atoms with Crippen molar-refractivity contribution in [2.24, 2.45) is 0 Å². The first-order chi connectivity index (χ1) is 10.3. The van der Waals surface area contributed by atoms with E-state index in [1.54, 1.807) is 0 Å². The van der Waals surface area contributed by atoms with Gasteiger partial charge in [0.25, 0.3) is 0 Å². The van der Waals surface area contributed by atoms with Crippen LogP contribution in [0, 0.1) is 0 Å². The van der Waals surface area contributed by atoms with Crippen molar-refractivity contribution < 1.29 is 0 Å². The molecular weight excluding hydrogens is 344 g/mol. The topological polar surface area (TPSA) is 17.0 Å². The van der Waals surface area contributed by atoms with Crippen LogP contribution in [0.3, 0.4) is 0 Å². The molecule has 0 aliphatic heterocycles. The molecule has 0 radical (unpaired) electrons. The highest BCUT2D eigenvalue weighted by Crippen LogP contribution is 2.26. The minimum absolute atomic E-state index is 0.747.